The molecule has 0 fully saturated rings. The Morgan fingerprint density at radius 2 is 2.33 bits per heavy atom. The first-order chi connectivity index (χ1) is 10.5. The van der Waals surface area contributed by atoms with Crippen LogP contribution in [0.4, 0.5) is 0 Å². The van der Waals surface area contributed by atoms with Gasteiger partial charge in [-0.15, -0.1) is 0 Å². The number of aliphatic hydroxyl groups excluding tert-OH is 1. The highest BCUT2D eigenvalue weighted by Crippen LogP contribution is 2.12. The molecule has 0 saturated heterocycles. The van der Waals surface area contributed by atoms with Gasteiger partial charge in [-0.1, -0.05) is 19.0 Å². The molecule has 5 nitrogen and oxygen atoms in total. The summed E-state index contributed by atoms with van der Waals surface area (Å²) < 4.78 is 41.1. The first-order valence-corrected chi connectivity index (χ1v) is 5.44. The minimum absolute atomic E-state index is 0.122. The SMILES string of the molecule is [2H]C([2H])([2H])C([2H])([2H])NCC(O)COc1ccc(CC(N)=O)cc1. The molecule has 1 unspecified atom stereocenters. The summed E-state index contributed by atoms with van der Waals surface area (Å²) in [5.41, 5.74) is 5.81. The van der Waals surface area contributed by atoms with Gasteiger partial charge in [-0.2, -0.15) is 0 Å². The van der Waals surface area contributed by atoms with Crippen LogP contribution in [0.1, 0.15) is 19.3 Å². The summed E-state index contributed by atoms with van der Waals surface area (Å²) in [6.07, 6.45) is -0.963. The zero-order valence-corrected chi connectivity index (χ0v) is 9.85. The lowest BCUT2D eigenvalue weighted by atomic mass is 10.1. The van der Waals surface area contributed by atoms with Gasteiger partial charge < -0.3 is 20.9 Å². The Balaban J connectivity index is 2.41. The molecule has 1 aromatic rings. The highest BCUT2D eigenvalue weighted by atomic mass is 16.5. The molecule has 18 heavy (non-hydrogen) atoms. The minimum Gasteiger partial charge on any atom is -0.491 e. The van der Waals surface area contributed by atoms with Crippen molar-refractivity contribution in [2.24, 2.45) is 5.73 Å². The van der Waals surface area contributed by atoms with Crippen molar-refractivity contribution in [1.82, 2.24) is 5.32 Å². The van der Waals surface area contributed by atoms with E-state index < -0.39 is 25.4 Å². The third kappa shape index (κ3) is 5.65. The molecule has 0 aliphatic heterocycles. The number of nitrogens with two attached hydrogens (primary N) is 1. The second-order valence-electron chi connectivity index (χ2n) is 3.76. The van der Waals surface area contributed by atoms with E-state index in [4.69, 9.17) is 17.3 Å². The van der Waals surface area contributed by atoms with E-state index in [1.807, 2.05) is 0 Å². The van der Waals surface area contributed by atoms with Gasteiger partial charge >= 0.3 is 0 Å². The minimum atomic E-state index is -2.83. The first kappa shape index (κ1) is 8.50. The number of amides is 1. The number of hydrogen-bond donors (Lipinski definition) is 3. The van der Waals surface area contributed by atoms with Crippen molar-refractivity contribution in [3.8, 4) is 5.75 Å². The van der Waals surface area contributed by atoms with Crippen LogP contribution in [-0.4, -0.2) is 36.8 Å². The van der Waals surface area contributed by atoms with Gasteiger partial charge in [0, 0.05) is 13.4 Å². The molecule has 0 aliphatic rings. The van der Waals surface area contributed by atoms with Crippen molar-refractivity contribution < 1.29 is 21.5 Å². The third-order valence-corrected chi connectivity index (χ3v) is 2.17. The molecule has 0 bridgehead atoms. The van der Waals surface area contributed by atoms with Gasteiger partial charge in [-0.25, -0.2) is 0 Å². The van der Waals surface area contributed by atoms with Crippen LogP contribution < -0.4 is 15.8 Å². The Bertz CT molecular complexity index is 519. The number of nitrogens with one attached hydrogen (secondary N) is 1. The van der Waals surface area contributed by atoms with Crippen molar-refractivity contribution in [3.63, 3.8) is 0 Å². The van der Waals surface area contributed by atoms with Crippen molar-refractivity contribution in [2.75, 3.05) is 19.6 Å². The van der Waals surface area contributed by atoms with Crippen LogP contribution in [0, 0.1) is 0 Å². The topological polar surface area (TPSA) is 84.6 Å². The van der Waals surface area contributed by atoms with Gasteiger partial charge in [0.05, 0.1) is 6.42 Å². The fourth-order valence-electron chi connectivity index (χ4n) is 1.32. The first-order valence-electron chi connectivity index (χ1n) is 7.94. The van der Waals surface area contributed by atoms with Crippen molar-refractivity contribution >= 4 is 5.91 Å². The smallest absolute Gasteiger partial charge is 0.221 e. The monoisotopic (exact) mass is 257 g/mol. The summed E-state index contributed by atoms with van der Waals surface area (Å²) in [5, 5.41) is 11.9. The highest BCUT2D eigenvalue weighted by molar-refractivity contribution is 5.76. The molecular formula is C13H20N2O3. The largest absolute Gasteiger partial charge is 0.491 e. The molecule has 4 N–H and O–H groups in total. The molecular weight excluding hydrogens is 232 g/mol. The zero-order chi connectivity index (χ0) is 17.7. The quantitative estimate of drug-likeness (QED) is 0.615. The molecule has 1 atom stereocenters. The standard InChI is InChI=1S/C13H20N2O3/c1-2-15-8-11(16)9-18-12-5-3-10(4-6-12)7-13(14)17/h3-6,11,15-16H,2,7-9H2,1H3,(H2,14,17)/i1D3,2D2. The maximum Gasteiger partial charge on any atom is 0.221 e. The number of ether oxygens (including phenoxy) is 1. The lowest BCUT2D eigenvalue weighted by molar-refractivity contribution is -0.117. The molecule has 0 spiro atoms. The number of aliphatic hydroxyl groups is 1. The predicted molar refractivity (Wildman–Crippen MR) is 69.4 cm³/mol. The number of likely N-dealkylation sites (N-methyl/N-ethyl adjacent to an activating group) is 1. The van der Waals surface area contributed by atoms with Crippen molar-refractivity contribution in [1.29, 1.82) is 0 Å². The van der Waals surface area contributed by atoms with Crippen LogP contribution in [0.3, 0.4) is 0 Å². The molecule has 5 heteroatoms. The summed E-state index contributed by atoms with van der Waals surface area (Å²) in [6, 6.07) is 6.55. The van der Waals surface area contributed by atoms with E-state index in [1.165, 1.54) is 0 Å². The Hall–Kier alpha value is -1.59. The van der Waals surface area contributed by atoms with Crippen LogP contribution in [0.15, 0.2) is 24.3 Å². The summed E-state index contributed by atoms with van der Waals surface area (Å²) in [5.74, 6) is 0.0137. The fraction of sp³-hybridized carbons (Fsp3) is 0.462. The van der Waals surface area contributed by atoms with E-state index in [9.17, 15) is 9.90 Å². The highest BCUT2D eigenvalue weighted by Gasteiger charge is 2.04. The third-order valence-electron chi connectivity index (χ3n) is 2.17. The number of carbonyl (C=O) groups excluding carboxylic acids is 1. The zero-order valence-electron chi connectivity index (χ0n) is 14.8. The van der Waals surface area contributed by atoms with Gasteiger partial charge in [0.15, 0.2) is 0 Å². The molecule has 0 aliphatic carbocycles. The van der Waals surface area contributed by atoms with Crippen LogP contribution >= 0.6 is 0 Å². The van der Waals surface area contributed by atoms with Gasteiger partial charge in [-0.05, 0) is 24.2 Å². The Labute approximate surface area is 114 Å². The van der Waals surface area contributed by atoms with E-state index in [0.717, 1.165) is 5.56 Å². The van der Waals surface area contributed by atoms with E-state index >= 15 is 0 Å². The van der Waals surface area contributed by atoms with Crippen LogP contribution in [0.25, 0.3) is 0 Å². The average molecular weight is 257 g/mol. The van der Waals surface area contributed by atoms with Crippen LogP contribution in [-0.2, 0) is 11.2 Å². The van der Waals surface area contributed by atoms with Crippen LogP contribution in [0.5, 0.6) is 5.75 Å². The molecule has 0 saturated carbocycles. The Morgan fingerprint density at radius 3 is 2.94 bits per heavy atom. The van der Waals surface area contributed by atoms with E-state index in [0.29, 0.717) is 5.75 Å². The second kappa shape index (κ2) is 7.68. The molecule has 0 aromatic heterocycles. The van der Waals surface area contributed by atoms with Gasteiger partial charge in [0.2, 0.25) is 5.91 Å². The molecule has 1 aromatic carbocycles. The van der Waals surface area contributed by atoms with Gasteiger partial charge in [0.25, 0.3) is 0 Å². The van der Waals surface area contributed by atoms with E-state index in [-0.39, 0.29) is 19.6 Å². The lowest BCUT2D eigenvalue weighted by Crippen LogP contribution is -2.31. The molecule has 1 amide bonds. The number of rotatable bonds is 8. The summed E-state index contributed by atoms with van der Waals surface area (Å²) in [7, 11) is 0. The van der Waals surface area contributed by atoms with E-state index in [1.54, 1.807) is 24.3 Å². The van der Waals surface area contributed by atoms with Crippen LogP contribution in [0.2, 0.25) is 0 Å². The number of primary amides is 1. The molecule has 0 radical (unpaired) electrons. The summed E-state index contributed by atoms with van der Waals surface area (Å²) in [6.45, 7) is -5.83. The maximum absolute atomic E-state index is 10.8. The molecule has 0 heterocycles. The number of hydrogen-bond acceptors (Lipinski definition) is 4. The lowest BCUT2D eigenvalue weighted by Gasteiger charge is -2.12. The number of carbonyl (C=O) groups is 1. The number of benzene rings is 1. The summed E-state index contributed by atoms with van der Waals surface area (Å²) >= 11 is 0. The normalized spacial score (nSPS) is 17.7. The van der Waals surface area contributed by atoms with Crippen molar-refractivity contribution in [2.45, 2.75) is 19.4 Å². The second-order valence-corrected chi connectivity index (χ2v) is 3.76. The predicted octanol–water partition coefficient (Wildman–Crippen LogP) is 0.0636. The van der Waals surface area contributed by atoms with E-state index in [2.05, 4.69) is 5.32 Å². The van der Waals surface area contributed by atoms with Crippen molar-refractivity contribution in [3.05, 3.63) is 29.8 Å². The maximum atomic E-state index is 10.8. The molecule has 1 rings (SSSR count). The summed E-state index contributed by atoms with van der Waals surface area (Å²) in [4.78, 5) is 10.8. The Morgan fingerprint density at radius 1 is 1.61 bits per heavy atom. The Kier molecular flexibility index (Phi) is 3.63. The molecule has 100 valence electrons. The fourth-order valence-corrected chi connectivity index (χ4v) is 1.32. The van der Waals surface area contributed by atoms with Gasteiger partial charge in [-0.3, -0.25) is 4.79 Å². The van der Waals surface area contributed by atoms with Gasteiger partial charge in [0.1, 0.15) is 18.5 Å². The average Bonchev–Trinajstić information content (AvgIpc) is 2.42.